The molecule has 2 N–H and O–H groups in total. The van der Waals surface area contributed by atoms with Crippen LogP contribution in [0.1, 0.15) is 48.9 Å². The summed E-state index contributed by atoms with van der Waals surface area (Å²) in [5, 5.41) is 12.2. The fourth-order valence-corrected chi connectivity index (χ4v) is 3.73. The predicted octanol–water partition coefficient (Wildman–Crippen LogP) is 2.89. The lowest BCUT2D eigenvalue weighted by Crippen LogP contribution is -2.37. The maximum Gasteiger partial charge on any atom is 0.335 e. The van der Waals surface area contributed by atoms with Gasteiger partial charge >= 0.3 is 5.97 Å². The maximum atomic E-state index is 12.4. The third-order valence-corrected chi connectivity index (χ3v) is 5.24. The van der Waals surface area contributed by atoms with Crippen molar-refractivity contribution < 1.29 is 19.4 Å². The molecule has 5 heteroatoms. The van der Waals surface area contributed by atoms with Crippen molar-refractivity contribution in [1.29, 1.82) is 0 Å². The lowest BCUT2D eigenvalue weighted by molar-refractivity contribution is -0.125. The number of carboxylic acids is 1. The molecule has 0 amide bonds. The second-order valence-corrected chi connectivity index (χ2v) is 6.91. The zero-order chi connectivity index (χ0) is 16.9. The molecule has 1 heterocycles. The van der Waals surface area contributed by atoms with Crippen LogP contribution >= 0.6 is 0 Å². The van der Waals surface area contributed by atoms with E-state index in [1.54, 1.807) is 24.3 Å². The molecule has 1 saturated carbocycles. The number of Topliss-reactive ketones (excluding diaryl/α,β-unsaturated/α-hetero) is 1. The Hall–Kier alpha value is -1.88. The van der Waals surface area contributed by atoms with Crippen LogP contribution in [0.2, 0.25) is 0 Å². The molecule has 1 saturated heterocycles. The minimum Gasteiger partial charge on any atom is -0.493 e. The largest absolute Gasteiger partial charge is 0.493 e. The summed E-state index contributed by atoms with van der Waals surface area (Å²) in [4.78, 5) is 23.3. The van der Waals surface area contributed by atoms with Gasteiger partial charge in [0.15, 0.2) is 5.78 Å². The van der Waals surface area contributed by atoms with Gasteiger partial charge in [0.2, 0.25) is 0 Å². The Morgan fingerprint density at radius 3 is 2.38 bits per heavy atom. The molecule has 1 aliphatic carbocycles. The topological polar surface area (TPSA) is 75.6 Å². The number of benzene rings is 1. The molecule has 1 aromatic rings. The van der Waals surface area contributed by atoms with Gasteiger partial charge in [-0.05, 0) is 75.3 Å². The van der Waals surface area contributed by atoms with Crippen molar-refractivity contribution >= 4 is 11.8 Å². The number of ether oxygens (including phenoxy) is 1. The first-order chi connectivity index (χ1) is 11.6. The number of nitrogens with one attached hydrogen (secondary N) is 1. The molecule has 130 valence electrons. The van der Waals surface area contributed by atoms with Crippen LogP contribution in [0.4, 0.5) is 0 Å². The Morgan fingerprint density at radius 2 is 1.79 bits per heavy atom. The maximum absolute atomic E-state index is 12.4. The average Bonchev–Trinajstić information content (AvgIpc) is 3.15. The van der Waals surface area contributed by atoms with Crippen LogP contribution < -0.4 is 10.1 Å². The van der Waals surface area contributed by atoms with Gasteiger partial charge in [-0.2, -0.15) is 0 Å². The molecule has 0 spiro atoms. The SMILES string of the molecule is O=C(O)c1ccc(OCC2CCC(C(=O)[C@H]3CCCN3)CC2)cc1. The van der Waals surface area contributed by atoms with E-state index < -0.39 is 5.97 Å². The summed E-state index contributed by atoms with van der Waals surface area (Å²) in [7, 11) is 0. The van der Waals surface area contributed by atoms with Gasteiger partial charge in [-0.1, -0.05) is 0 Å². The number of hydrogen-bond acceptors (Lipinski definition) is 4. The van der Waals surface area contributed by atoms with Gasteiger partial charge in [0, 0.05) is 5.92 Å². The number of carbonyl (C=O) groups is 2. The van der Waals surface area contributed by atoms with E-state index in [4.69, 9.17) is 9.84 Å². The van der Waals surface area contributed by atoms with Crippen LogP contribution in [0.3, 0.4) is 0 Å². The van der Waals surface area contributed by atoms with Crippen LogP contribution in [-0.4, -0.2) is 36.1 Å². The van der Waals surface area contributed by atoms with Crippen LogP contribution in [0.25, 0.3) is 0 Å². The van der Waals surface area contributed by atoms with Gasteiger partial charge in [-0.25, -0.2) is 4.79 Å². The number of carboxylic acid groups (broad SMARTS) is 1. The molecule has 3 rings (SSSR count). The smallest absolute Gasteiger partial charge is 0.335 e. The summed E-state index contributed by atoms with van der Waals surface area (Å²) in [5.41, 5.74) is 0.266. The van der Waals surface area contributed by atoms with Gasteiger partial charge in [0.1, 0.15) is 5.75 Å². The summed E-state index contributed by atoms with van der Waals surface area (Å²) in [5.74, 6) is 0.877. The van der Waals surface area contributed by atoms with Crippen molar-refractivity contribution in [2.75, 3.05) is 13.2 Å². The summed E-state index contributed by atoms with van der Waals surface area (Å²) in [6.45, 7) is 1.61. The van der Waals surface area contributed by atoms with Crippen LogP contribution in [0, 0.1) is 11.8 Å². The Kier molecular flexibility index (Phi) is 5.51. The highest BCUT2D eigenvalue weighted by Crippen LogP contribution is 2.31. The first-order valence-corrected chi connectivity index (χ1v) is 8.87. The second kappa shape index (κ2) is 7.79. The third-order valence-electron chi connectivity index (χ3n) is 5.24. The summed E-state index contributed by atoms with van der Waals surface area (Å²) in [6, 6.07) is 6.61. The van der Waals surface area contributed by atoms with Gasteiger partial charge in [0.05, 0.1) is 18.2 Å². The van der Waals surface area contributed by atoms with E-state index in [1.165, 1.54) is 0 Å². The van der Waals surface area contributed by atoms with Crippen molar-refractivity contribution in [2.45, 2.75) is 44.6 Å². The number of rotatable bonds is 6. The van der Waals surface area contributed by atoms with Crippen LogP contribution in [0.15, 0.2) is 24.3 Å². The van der Waals surface area contributed by atoms with E-state index in [0.717, 1.165) is 45.1 Å². The highest BCUT2D eigenvalue weighted by molar-refractivity contribution is 5.87. The summed E-state index contributed by atoms with van der Waals surface area (Å²) in [6.07, 6.45) is 6.08. The zero-order valence-corrected chi connectivity index (χ0v) is 13.9. The molecule has 1 aromatic carbocycles. The van der Waals surface area contributed by atoms with E-state index in [1.807, 2.05) is 0 Å². The number of carbonyl (C=O) groups excluding carboxylic acids is 1. The fourth-order valence-electron chi connectivity index (χ4n) is 3.73. The lowest BCUT2D eigenvalue weighted by Gasteiger charge is -2.29. The molecule has 24 heavy (non-hydrogen) atoms. The molecule has 2 aliphatic rings. The molecule has 0 bridgehead atoms. The predicted molar refractivity (Wildman–Crippen MR) is 90.4 cm³/mol. The number of hydrogen-bond donors (Lipinski definition) is 2. The number of aromatic carboxylic acids is 1. The van der Waals surface area contributed by atoms with E-state index in [-0.39, 0.29) is 17.5 Å². The Labute approximate surface area is 142 Å². The quantitative estimate of drug-likeness (QED) is 0.838. The average molecular weight is 331 g/mol. The normalized spacial score (nSPS) is 26.9. The highest BCUT2D eigenvalue weighted by Gasteiger charge is 2.32. The summed E-state index contributed by atoms with van der Waals surface area (Å²) >= 11 is 0. The van der Waals surface area contributed by atoms with Gasteiger partial charge in [-0.3, -0.25) is 4.79 Å². The van der Waals surface area contributed by atoms with E-state index in [0.29, 0.717) is 24.1 Å². The van der Waals surface area contributed by atoms with Crippen LogP contribution in [-0.2, 0) is 4.79 Å². The van der Waals surface area contributed by atoms with Gasteiger partial charge in [0.25, 0.3) is 0 Å². The minimum absolute atomic E-state index is 0.0931. The van der Waals surface area contributed by atoms with Crippen LogP contribution in [0.5, 0.6) is 5.75 Å². The molecular weight excluding hydrogens is 306 g/mol. The van der Waals surface area contributed by atoms with E-state index >= 15 is 0 Å². The standard InChI is InChI=1S/C19H25NO4/c21-18(17-2-1-11-20-17)14-5-3-13(4-6-14)12-24-16-9-7-15(8-10-16)19(22)23/h7-10,13-14,17,20H,1-6,11-12H2,(H,22,23)/t13?,14?,17-/m1/s1. The van der Waals surface area contributed by atoms with Crippen molar-refractivity contribution in [3.8, 4) is 5.75 Å². The van der Waals surface area contributed by atoms with Crippen molar-refractivity contribution in [2.24, 2.45) is 11.8 Å². The molecule has 1 aliphatic heterocycles. The fraction of sp³-hybridized carbons (Fsp3) is 0.579. The third kappa shape index (κ3) is 4.15. The second-order valence-electron chi connectivity index (χ2n) is 6.91. The van der Waals surface area contributed by atoms with E-state index in [2.05, 4.69) is 5.32 Å². The Morgan fingerprint density at radius 1 is 1.08 bits per heavy atom. The summed E-state index contributed by atoms with van der Waals surface area (Å²) < 4.78 is 5.79. The van der Waals surface area contributed by atoms with Crippen molar-refractivity contribution in [3.63, 3.8) is 0 Å². The first-order valence-electron chi connectivity index (χ1n) is 8.87. The Bertz CT molecular complexity index is 570. The monoisotopic (exact) mass is 331 g/mol. The van der Waals surface area contributed by atoms with Crippen molar-refractivity contribution in [1.82, 2.24) is 5.32 Å². The molecule has 1 atom stereocenters. The molecular formula is C19H25NO4. The first kappa shape index (κ1) is 17.0. The number of ketones is 1. The molecule has 2 fully saturated rings. The molecule has 5 nitrogen and oxygen atoms in total. The van der Waals surface area contributed by atoms with Crippen molar-refractivity contribution in [3.05, 3.63) is 29.8 Å². The highest BCUT2D eigenvalue weighted by atomic mass is 16.5. The Balaban J connectivity index is 1.42. The van der Waals surface area contributed by atoms with E-state index in [9.17, 15) is 9.59 Å². The lowest BCUT2D eigenvalue weighted by atomic mass is 9.78. The molecule has 0 aromatic heterocycles. The minimum atomic E-state index is -0.929. The van der Waals surface area contributed by atoms with Gasteiger partial charge in [-0.15, -0.1) is 0 Å². The zero-order valence-electron chi connectivity index (χ0n) is 13.9. The molecule has 0 unspecified atom stereocenters. The molecule has 0 radical (unpaired) electrons. The van der Waals surface area contributed by atoms with Gasteiger partial charge < -0.3 is 15.2 Å².